The molecule has 0 radical (unpaired) electrons. The molecule has 0 aliphatic heterocycles. The van der Waals surface area contributed by atoms with Crippen molar-refractivity contribution >= 4 is 26.8 Å². The SMILES string of the molecule is COc1ccc(Cn2c(C)c(Br)c3cnnc(OCc4ccccc4)c32)cc1. The Labute approximate surface area is 172 Å². The first-order valence-electron chi connectivity index (χ1n) is 8.97. The van der Waals surface area contributed by atoms with Gasteiger partial charge in [-0.15, -0.1) is 5.10 Å². The summed E-state index contributed by atoms with van der Waals surface area (Å²) in [6, 6.07) is 18.1. The van der Waals surface area contributed by atoms with Gasteiger partial charge in [0.05, 0.1) is 13.3 Å². The second-order valence-corrected chi connectivity index (χ2v) is 7.31. The molecule has 0 aliphatic carbocycles. The third-order valence-corrected chi connectivity index (χ3v) is 5.74. The third kappa shape index (κ3) is 3.60. The summed E-state index contributed by atoms with van der Waals surface area (Å²) in [5.74, 6) is 1.38. The van der Waals surface area contributed by atoms with E-state index in [1.807, 2.05) is 42.5 Å². The summed E-state index contributed by atoms with van der Waals surface area (Å²) in [5.41, 5.74) is 4.29. The molecule has 2 aromatic heterocycles. The lowest BCUT2D eigenvalue weighted by Gasteiger charge is -2.12. The first-order chi connectivity index (χ1) is 13.7. The van der Waals surface area contributed by atoms with E-state index in [1.165, 1.54) is 5.56 Å². The lowest BCUT2D eigenvalue weighted by atomic mass is 10.2. The van der Waals surface area contributed by atoms with E-state index in [9.17, 15) is 0 Å². The van der Waals surface area contributed by atoms with E-state index >= 15 is 0 Å². The van der Waals surface area contributed by atoms with Gasteiger partial charge < -0.3 is 14.0 Å². The Morgan fingerprint density at radius 2 is 1.75 bits per heavy atom. The van der Waals surface area contributed by atoms with E-state index in [1.54, 1.807) is 13.3 Å². The molecule has 142 valence electrons. The predicted molar refractivity (Wildman–Crippen MR) is 113 cm³/mol. The topological polar surface area (TPSA) is 49.2 Å². The largest absolute Gasteiger partial charge is 0.497 e. The maximum absolute atomic E-state index is 6.05. The van der Waals surface area contributed by atoms with Gasteiger partial charge in [-0.1, -0.05) is 42.5 Å². The molecule has 0 saturated heterocycles. The third-order valence-electron chi connectivity index (χ3n) is 4.74. The number of hydrogen-bond donors (Lipinski definition) is 0. The Hall–Kier alpha value is -2.86. The zero-order chi connectivity index (χ0) is 19.5. The quantitative estimate of drug-likeness (QED) is 0.419. The molecule has 0 unspecified atom stereocenters. The van der Waals surface area contributed by atoms with Crippen molar-refractivity contribution in [2.24, 2.45) is 0 Å². The van der Waals surface area contributed by atoms with Crippen molar-refractivity contribution in [3.8, 4) is 11.6 Å². The molecule has 0 aliphatic rings. The lowest BCUT2D eigenvalue weighted by molar-refractivity contribution is 0.293. The molecule has 4 aromatic rings. The number of benzene rings is 2. The van der Waals surface area contributed by atoms with Crippen LogP contribution in [0.25, 0.3) is 10.9 Å². The number of aromatic nitrogens is 3. The van der Waals surface area contributed by atoms with Crippen LogP contribution in [0, 0.1) is 6.92 Å². The van der Waals surface area contributed by atoms with Gasteiger partial charge in [-0.25, -0.2) is 0 Å². The van der Waals surface area contributed by atoms with Gasteiger partial charge in [0.1, 0.15) is 17.9 Å². The minimum Gasteiger partial charge on any atom is -0.497 e. The second-order valence-electron chi connectivity index (χ2n) is 6.52. The molecule has 2 aromatic carbocycles. The highest BCUT2D eigenvalue weighted by Gasteiger charge is 2.18. The molecule has 0 bridgehead atoms. The smallest absolute Gasteiger partial charge is 0.258 e. The summed E-state index contributed by atoms with van der Waals surface area (Å²) in [4.78, 5) is 0. The summed E-state index contributed by atoms with van der Waals surface area (Å²) in [7, 11) is 1.67. The van der Waals surface area contributed by atoms with Gasteiger partial charge in [-0.3, -0.25) is 0 Å². The first-order valence-corrected chi connectivity index (χ1v) is 9.76. The molecule has 5 nitrogen and oxygen atoms in total. The molecule has 0 spiro atoms. The standard InChI is InChI=1S/C22H20BrN3O2/c1-15-20(23)19-12-24-25-22(28-14-17-6-4-3-5-7-17)21(19)26(15)13-16-8-10-18(27-2)11-9-16/h3-12H,13-14H2,1-2H3. The van der Waals surface area contributed by atoms with Crippen LogP contribution >= 0.6 is 15.9 Å². The summed E-state index contributed by atoms with van der Waals surface area (Å²) in [6.45, 7) is 3.22. The van der Waals surface area contributed by atoms with Crippen LogP contribution < -0.4 is 9.47 Å². The average Bonchev–Trinajstić information content (AvgIpc) is 2.99. The number of nitrogens with zero attached hydrogens (tertiary/aromatic N) is 3. The minimum absolute atomic E-state index is 0.443. The maximum atomic E-state index is 6.05. The highest BCUT2D eigenvalue weighted by molar-refractivity contribution is 9.10. The van der Waals surface area contributed by atoms with E-state index in [0.717, 1.165) is 32.4 Å². The monoisotopic (exact) mass is 437 g/mol. The van der Waals surface area contributed by atoms with Crippen LogP contribution in [0.3, 0.4) is 0 Å². The van der Waals surface area contributed by atoms with Gasteiger partial charge in [0.25, 0.3) is 5.88 Å². The minimum atomic E-state index is 0.443. The van der Waals surface area contributed by atoms with Crippen LogP contribution in [-0.4, -0.2) is 21.9 Å². The Kier molecular flexibility index (Phi) is 5.30. The van der Waals surface area contributed by atoms with Crippen molar-refractivity contribution in [1.29, 1.82) is 0 Å². The van der Waals surface area contributed by atoms with Crippen molar-refractivity contribution in [1.82, 2.24) is 14.8 Å². The zero-order valence-corrected chi connectivity index (χ0v) is 17.3. The average molecular weight is 438 g/mol. The van der Waals surface area contributed by atoms with Gasteiger partial charge in [0, 0.05) is 22.1 Å². The van der Waals surface area contributed by atoms with Crippen LogP contribution in [0.2, 0.25) is 0 Å². The lowest BCUT2D eigenvalue weighted by Crippen LogP contribution is -2.05. The fourth-order valence-corrected chi connectivity index (χ4v) is 3.70. The van der Waals surface area contributed by atoms with Crippen LogP contribution in [-0.2, 0) is 13.2 Å². The maximum Gasteiger partial charge on any atom is 0.258 e. The molecule has 0 N–H and O–H groups in total. The number of hydrogen-bond acceptors (Lipinski definition) is 4. The molecule has 6 heteroatoms. The fraction of sp³-hybridized carbons (Fsp3) is 0.182. The molecule has 0 fully saturated rings. The number of methoxy groups -OCH3 is 1. The molecule has 0 atom stereocenters. The van der Waals surface area contributed by atoms with Crippen molar-refractivity contribution in [3.05, 3.63) is 82.1 Å². The summed E-state index contributed by atoms with van der Waals surface area (Å²) < 4.78 is 14.5. The highest BCUT2D eigenvalue weighted by atomic mass is 79.9. The molecule has 0 amide bonds. The van der Waals surface area contributed by atoms with Gasteiger partial charge in [0.15, 0.2) is 0 Å². The van der Waals surface area contributed by atoms with E-state index in [-0.39, 0.29) is 0 Å². The number of halogens is 1. The fourth-order valence-electron chi connectivity index (χ4n) is 3.20. The van der Waals surface area contributed by atoms with E-state index in [0.29, 0.717) is 19.0 Å². The summed E-state index contributed by atoms with van der Waals surface area (Å²) >= 11 is 3.70. The molecule has 2 heterocycles. The Balaban J connectivity index is 1.71. The van der Waals surface area contributed by atoms with Crippen LogP contribution in [0.1, 0.15) is 16.8 Å². The van der Waals surface area contributed by atoms with Gasteiger partial charge in [0.2, 0.25) is 0 Å². The van der Waals surface area contributed by atoms with Crippen molar-refractivity contribution in [3.63, 3.8) is 0 Å². The van der Waals surface area contributed by atoms with Crippen LogP contribution in [0.5, 0.6) is 11.6 Å². The van der Waals surface area contributed by atoms with Crippen molar-refractivity contribution < 1.29 is 9.47 Å². The van der Waals surface area contributed by atoms with E-state index in [4.69, 9.17) is 9.47 Å². The Bertz CT molecular complexity index is 1090. The van der Waals surface area contributed by atoms with Gasteiger partial charge in [-0.05, 0) is 46.1 Å². The molecular weight excluding hydrogens is 418 g/mol. The van der Waals surface area contributed by atoms with E-state index in [2.05, 4.69) is 49.8 Å². The van der Waals surface area contributed by atoms with Crippen molar-refractivity contribution in [2.75, 3.05) is 7.11 Å². The number of ether oxygens (including phenoxy) is 2. The predicted octanol–water partition coefficient (Wildman–Crippen LogP) is 5.14. The Morgan fingerprint density at radius 3 is 2.46 bits per heavy atom. The molecular formula is C22H20BrN3O2. The molecule has 28 heavy (non-hydrogen) atoms. The van der Waals surface area contributed by atoms with Gasteiger partial charge in [-0.2, -0.15) is 5.10 Å². The zero-order valence-electron chi connectivity index (χ0n) is 15.7. The number of fused-ring (bicyclic) bond motifs is 1. The first kappa shape index (κ1) is 18.5. The molecule has 0 saturated carbocycles. The van der Waals surface area contributed by atoms with Crippen molar-refractivity contribution in [2.45, 2.75) is 20.1 Å². The van der Waals surface area contributed by atoms with E-state index < -0.39 is 0 Å². The van der Waals surface area contributed by atoms with Crippen LogP contribution in [0.15, 0.2) is 65.3 Å². The van der Waals surface area contributed by atoms with Crippen LogP contribution in [0.4, 0.5) is 0 Å². The van der Waals surface area contributed by atoms with Gasteiger partial charge >= 0.3 is 0 Å². The normalized spacial score (nSPS) is 11.0. The molecule has 4 rings (SSSR count). The summed E-state index contributed by atoms with van der Waals surface area (Å²) in [6.07, 6.45) is 1.77. The second kappa shape index (κ2) is 8.02. The number of rotatable bonds is 6. The highest BCUT2D eigenvalue weighted by Crippen LogP contribution is 2.35. The Morgan fingerprint density at radius 1 is 1.00 bits per heavy atom. The summed E-state index contributed by atoms with van der Waals surface area (Å²) in [5, 5.41) is 9.40.